The third kappa shape index (κ3) is 5.01. The van der Waals surface area contributed by atoms with Gasteiger partial charge in [-0.25, -0.2) is 4.98 Å². The third-order valence-electron chi connectivity index (χ3n) is 4.31. The molecule has 0 fully saturated rings. The lowest BCUT2D eigenvalue weighted by Gasteiger charge is -2.09. The maximum atomic E-state index is 12.3. The Morgan fingerprint density at radius 3 is 2.62 bits per heavy atom. The first-order chi connectivity index (χ1) is 14.1. The van der Waals surface area contributed by atoms with Crippen LogP contribution in [0, 0.1) is 0 Å². The summed E-state index contributed by atoms with van der Waals surface area (Å²) < 4.78 is 7.37. The van der Waals surface area contributed by atoms with Crippen LogP contribution in [0.25, 0.3) is 17.1 Å². The van der Waals surface area contributed by atoms with Gasteiger partial charge < -0.3 is 9.30 Å². The SMILES string of the molecule is CCOc1ccccc1/C=C/C(=O)NNC(=O)Cn1c(CC)nc2ccccc21. The number of imidazole rings is 1. The van der Waals surface area contributed by atoms with Crippen molar-refractivity contribution < 1.29 is 14.3 Å². The molecular formula is C22H24N4O3. The number of benzene rings is 2. The average molecular weight is 392 g/mol. The van der Waals surface area contributed by atoms with Gasteiger partial charge in [-0.2, -0.15) is 0 Å². The molecule has 0 aliphatic heterocycles. The lowest BCUT2D eigenvalue weighted by atomic mass is 10.2. The standard InChI is InChI=1S/C22H24N4O3/c1-3-20-23-17-10-6-7-11-18(17)26(20)15-22(28)25-24-21(27)14-13-16-9-5-8-12-19(16)29-4-2/h5-14H,3-4,15H2,1-2H3,(H,24,27)(H,25,28)/b14-13+. The molecular weight excluding hydrogens is 368 g/mol. The summed E-state index contributed by atoms with van der Waals surface area (Å²) in [5.41, 5.74) is 7.36. The van der Waals surface area contributed by atoms with Crippen molar-refractivity contribution in [2.75, 3.05) is 6.61 Å². The monoisotopic (exact) mass is 392 g/mol. The Kier molecular flexibility index (Phi) is 6.63. The lowest BCUT2D eigenvalue weighted by Crippen LogP contribution is -2.42. The number of rotatable bonds is 7. The highest BCUT2D eigenvalue weighted by Gasteiger charge is 2.12. The van der Waals surface area contributed by atoms with Gasteiger partial charge in [-0.15, -0.1) is 0 Å². The van der Waals surface area contributed by atoms with Crippen LogP contribution in [0.2, 0.25) is 0 Å². The zero-order valence-corrected chi connectivity index (χ0v) is 16.5. The molecule has 2 N–H and O–H groups in total. The van der Waals surface area contributed by atoms with Crippen molar-refractivity contribution >= 4 is 28.9 Å². The van der Waals surface area contributed by atoms with Crippen molar-refractivity contribution in [1.29, 1.82) is 0 Å². The molecule has 150 valence electrons. The summed E-state index contributed by atoms with van der Waals surface area (Å²) >= 11 is 0. The largest absolute Gasteiger partial charge is 0.493 e. The second-order valence-corrected chi connectivity index (χ2v) is 6.30. The maximum absolute atomic E-state index is 12.3. The van der Waals surface area contributed by atoms with Crippen LogP contribution in [-0.4, -0.2) is 28.0 Å². The number of fused-ring (bicyclic) bond motifs is 1. The highest BCUT2D eigenvalue weighted by atomic mass is 16.5. The summed E-state index contributed by atoms with van der Waals surface area (Å²) in [6, 6.07) is 15.1. The van der Waals surface area contributed by atoms with Crippen molar-refractivity contribution in [3.8, 4) is 5.75 Å². The van der Waals surface area contributed by atoms with Crippen molar-refractivity contribution in [2.45, 2.75) is 26.8 Å². The van der Waals surface area contributed by atoms with Gasteiger partial charge >= 0.3 is 0 Å². The van der Waals surface area contributed by atoms with Gasteiger partial charge in [0, 0.05) is 18.1 Å². The molecule has 0 saturated heterocycles. The number of nitrogens with one attached hydrogen (secondary N) is 2. The first-order valence-corrected chi connectivity index (χ1v) is 9.55. The zero-order valence-electron chi connectivity index (χ0n) is 16.5. The van der Waals surface area contributed by atoms with E-state index in [0.29, 0.717) is 18.8 Å². The fraction of sp³-hybridized carbons (Fsp3) is 0.227. The Balaban J connectivity index is 1.59. The number of hydrogen-bond acceptors (Lipinski definition) is 4. The number of aromatic nitrogens is 2. The van der Waals surface area contributed by atoms with Crippen LogP contribution in [0.4, 0.5) is 0 Å². The number of para-hydroxylation sites is 3. The Morgan fingerprint density at radius 2 is 1.83 bits per heavy atom. The van der Waals surface area contributed by atoms with Crippen LogP contribution in [0.3, 0.4) is 0 Å². The van der Waals surface area contributed by atoms with E-state index in [1.54, 1.807) is 6.08 Å². The maximum Gasteiger partial charge on any atom is 0.262 e. The van der Waals surface area contributed by atoms with E-state index in [2.05, 4.69) is 15.8 Å². The summed E-state index contributed by atoms with van der Waals surface area (Å²) in [5, 5.41) is 0. The van der Waals surface area contributed by atoms with Crippen LogP contribution >= 0.6 is 0 Å². The van der Waals surface area contributed by atoms with E-state index in [4.69, 9.17) is 4.74 Å². The average Bonchev–Trinajstić information content (AvgIpc) is 3.09. The normalized spacial score (nSPS) is 11.0. The van der Waals surface area contributed by atoms with Crippen LogP contribution in [0.5, 0.6) is 5.75 Å². The van der Waals surface area contributed by atoms with Gasteiger partial charge in [0.05, 0.1) is 17.6 Å². The third-order valence-corrected chi connectivity index (χ3v) is 4.31. The van der Waals surface area contributed by atoms with Gasteiger partial charge in [0.15, 0.2) is 0 Å². The van der Waals surface area contributed by atoms with Crippen LogP contribution in [-0.2, 0) is 22.6 Å². The van der Waals surface area contributed by atoms with E-state index in [1.807, 2.05) is 66.9 Å². The minimum atomic E-state index is -0.434. The molecule has 0 bridgehead atoms. The molecule has 3 rings (SSSR count). The minimum Gasteiger partial charge on any atom is -0.493 e. The first kappa shape index (κ1) is 20.1. The van der Waals surface area contributed by atoms with E-state index < -0.39 is 5.91 Å². The second kappa shape index (κ2) is 9.54. The number of amides is 2. The van der Waals surface area contributed by atoms with Crippen LogP contribution in [0.15, 0.2) is 54.6 Å². The minimum absolute atomic E-state index is 0.0703. The number of ether oxygens (including phenoxy) is 1. The quantitative estimate of drug-likeness (QED) is 0.478. The van der Waals surface area contributed by atoms with Crippen molar-refractivity contribution in [3.05, 3.63) is 66.0 Å². The fourth-order valence-electron chi connectivity index (χ4n) is 3.00. The Labute approximate surface area is 169 Å². The second-order valence-electron chi connectivity index (χ2n) is 6.30. The van der Waals surface area contributed by atoms with Gasteiger partial charge in [-0.05, 0) is 31.2 Å². The van der Waals surface area contributed by atoms with Gasteiger partial charge in [0.25, 0.3) is 11.8 Å². The van der Waals surface area contributed by atoms with Gasteiger partial charge in [-0.1, -0.05) is 37.3 Å². The van der Waals surface area contributed by atoms with E-state index in [9.17, 15) is 9.59 Å². The summed E-state index contributed by atoms with van der Waals surface area (Å²) in [6.45, 7) is 4.50. The molecule has 29 heavy (non-hydrogen) atoms. The van der Waals surface area contributed by atoms with Gasteiger partial charge in [0.2, 0.25) is 0 Å². The number of nitrogens with zero attached hydrogens (tertiary/aromatic N) is 2. The van der Waals surface area contributed by atoms with E-state index in [1.165, 1.54) is 6.08 Å². The molecule has 7 nitrogen and oxygen atoms in total. The van der Waals surface area contributed by atoms with Crippen molar-refractivity contribution in [3.63, 3.8) is 0 Å². The van der Waals surface area contributed by atoms with E-state index >= 15 is 0 Å². The molecule has 0 saturated carbocycles. The predicted octanol–water partition coefficient (Wildman–Crippen LogP) is 2.86. The van der Waals surface area contributed by atoms with E-state index in [-0.39, 0.29) is 12.5 Å². The summed E-state index contributed by atoms with van der Waals surface area (Å²) in [4.78, 5) is 28.9. The fourth-order valence-corrected chi connectivity index (χ4v) is 3.00. The molecule has 0 atom stereocenters. The zero-order chi connectivity index (χ0) is 20.6. The number of hydrogen-bond donors (Lipinski definition) is 2. The topological polar surface area (TPSA) is 85.3 Å². The molecule has 2 amide bonds. The number of carbonyl (C=O) groups excluding carboxylic acids is 2. The first-order valence-electron chi connectivity index (χ1n) is 9.55. The van der Waals surface area contributed by atoms with Gasteiger partial charge in [-0.3, -0.25) is 20.4 Å². The molecule has 0 aliphatic rings. The van der Waals surface area contributed by atoms with Crippen LogP contribution < -0.4 is 15.6 Å². The Hall–Kier alpha value is -3.61. The van der Waals surface area contributed by atoms with Gasteiger partial charge in [0.1, 0.15) is 18.1 Å². The van der Waals surface area contributed by atoms with E-state index in [0.717, 1.165) is 22.4 Å². The lowest BCUT2D eigenvalue weighted by molar-refractivity contribution is -0.127. The Bertz CT molecular complexity index is 1040. The summed E-state index contributed by atoms with van der Waals surface area (Å²) in [5.74, 6) is 0.748. The van der Waals surface area contributed by atoms with Crippen molar-refractivity contribution in [2.24, 2.45) is 0 Å². The highest BCUT2D eigenvalue weighted by Crippen LogP contribution is 2.19. The van der Waals surface area contributed by atoms with Crippen LogP contribution in [0.1, 0.15) is 25.2 Å². The molecule has 0 spiro atoms. The molecule has 1 aromatic heterocycles. The molecule has 0 aliphatic carbocycles. The number of carbonyl (C=O) groups is 2. The highest BCUT2D eigenvalue weighted by molar-refractivity contribution is 5.93. The molecule has 0 unspecified atom stereocenters. The molecule has 2 aromatic carbocycles. The van der Waals surface area contributed by atoms with Crippen molar-refractivity contribution in [1.82, 2.24) is 20.4 Å². The predicted molar refractivity (Wildman–Crippen MR) is 112 cm³/mol. The molecule has 7 heteroatoms. The summed E-state index contributed by atoms with van der Waals surface area (Å²) in [7, 11) is 0. The molecule has 0 radical (unpaired) electrons. The Morgan fingerprint density at radius 1 is 1.07 bits per heavy atom. The smallest absolute Gasteiger partial charge is 0.262 e. The molecule has 1 heterocycles. The number of hydrazine groups is 1. The molecule has 3 aromatic rings. The number of aryl methyl sites for hydroxylation is 1. The summed E-state index contributed by atoms with van der Waals surface area (Å²) in [6.07, 6.45) is 3.70.